The van der Waals surface area contributed by atoms with Gasteiger partial charge in [-0.3, -0.25) is 19.3 Å². The van der Waals surface area contributed by atoms with Crippen molar-refractivity contribution in [1.82, 2.24) is 15.5 Å². The number of nitrogens with one attached hydrogen (secondary N) is 3. The normalized spacial score (nSPS) is 23.6. The van der Waals surface area contributed by atoms with Crippen molar-refractivity contribution in [1.29, 1.82) is 0 Å². The number of anilines is 1. The monoisotopic (exact) mass is 428 g/mol. The molecule has 2 aliphatic rings. The van der Waals surface area contributed by atoms with Crippen LogP contribution in [0.4, 0.5) is 10.5 Å². The first-order valence-corrected chi connectivity index (χ1v) is 10.8. The summed E-state index contributed by atoms with van der Waals surface area (Å²) in [5.74, 6) is -0.375. The molecule has 8 heteroatoms. The zero-order valence-corrected chi connectivity index (χ0v) is 18.7. The number of nitrogens with zero attached hydrogens (tertiary/aromatic N) is 1. The van der Waals surface area contributed by atoms with E-state index >= 15 is 0 Å². The van der Waals surface area contributed by atoms with E-state index in [2.05, 4.69) is 36.7 Å². The van der Waals surface area contributed by atoms with E-state index in [0.717, 1.165) is 23.3 Å². The number of imide groups is 1. The third-order valence-corrected chi connectivity index (χ3v) is 6.35. The van der Waals surface area contributed by atoms with E-state index in [1.165, 1.54) is 6.92 Å². The van der Waals surface area contributed by atoms with Gasteiger partial charge in [0, 0.05) is 19.2 Å². The largest absolute Gasteiger partial charge is 0.350 e. The molecular weight excluding hydrogens is 396 g/mol. The highest BCUT2D eigenvalue weighted by atomic mass is 16.2. The number of amides is 5. The lowest BCUT2D eigenvalue weighted by molar-refractivity contribution is -0.136. The Balaban J connectivity index is 1.55. The van der Waals surface area contributed by atoms with Crippen molar-refractivity contribution in [2.45, 2.75) is 65.5 Å². The van der Waals surface area contributed by atoms with Crippen molar-refractivity contribution < 1.29 is 19.2 Å². The lowest BCUT2D eigenvalue weighted by Crippen LogP contribution is -2.51. The van der Waals surface area contributed by atoms with E-state index in [4.69, 9.17) is 0 Å². The van der Waals surface area contributed by atoms with Crippen molar-refractivity contribution in [2.75, 3.05) is 11.9 Å². The Bertz CT molecular complexity index is 882. The molecule has 3 N–H and O–H groups in total. The second-order valence-electron chi connectivity index (χ2n) is 9.70. The number of carbonyl (C=O) groups is 4. The van der Waals surface area contributed by atoms with Crippen LogP contribution in [-0.4, -0.2) is 40.7 Å². The predicted molar refractivity (Wildman–Crippen MR) is 117 cm³/mol. The summed E-state index contributed by atoms with van der Waals surface area (Å²) in [6.07, 6.45) is 2.96. The summed E-state index contributed by atoms with van der Waals surface area (Å²) >= 11 is 0. The van der Waals surface area contributed by atoms with E-state index < -0.39 is 17.5 Å². The maximum atomic E-state index is 13.0. The molecule has 1 aliphatic carbocycles. The summed E-state index contributed by atoms with van der Waals surface area (Å²) in [5, 5.41) is 8.29. The van der Waals surface area contributed by atoms with Gasteiger partial charge in [0.25, 0.3) is 5.91 Å². The van der Waals surface area contributed by atoms with Crippen LogP contribution in [0, 0.1) is 11.3 Å². The van der Waals surface area contributed by atoms with E-state index in [-0.39, 0.29) is 30.3 Å². The minimum Gasteiger partial charge on any atom is -0.350 e. The highest BCUT2D eigenvalue weighted by Gasteiger charge is 2.53. The second-order valence-corrected chi connectivity index (χ2v) is 9.70. The molecule has 0 radical (unpaired) electrons. The van der Waals surface area contributed by atoms with Gasteiger partial charge in [-0.05, 0) is 54.7 Å². The molecule has 1 saturated carbocycles. The molecule has 1 spiro atoms. The zero-order chi connectivity index (χ0) is 22.8. The topological polar surface area (TPSA) is 108 Å². The molecule has 1 aromatic rings. The van der Waals surface area contributed by atoms with Crippen LogP contribution in [-0.2, 0) is 20.9 Å². The van der Waals surface area contributed by atoms with Gasteiger partial charge in [0.15, 0.2) is 0 Å². The van der Waals surface area contributed by atoms with Crippen LogP contribution >= 0.6 is 0 Å². The minimum absolute atomic E-state index is 0.171. The van der Waals surface area contributed by atoms with Gasteiger partial charge in [-0.15, -0.1) is 0 Å². The average molecular weight is 429 g/mol. The number of carbonyl (C=O) groups excluding carboxylic acids is 4. The van der Waals surface area contributed by atoms with Gasteiger partial charge >= 0.3 is 6.03 Å². The Labute approximate surface area is 183 Å². The number of urea groups is 1. The fourth-order valence-corrected chi connectivity index (χ4v) is 4.50. The van der Waals surface area contributed by atoms with Crippen molar-refractivity contribution in [3.8, 4) is 0 Å². The van der Waals surface area contributed by atoms with Crippen molar-refractivity contribution in [2.24, 2.45) is 11.3 Å². The van der Waals surface area contributed by atoms with Crippen LogP contribution in [0.1, 0.15) is 58.9 Å². The molecule has 0 bridgehead atoms. The molecule has 1 saturated heterocycles. The molecule has 8 nitrogen and oxygen atoms in total. The van der Waals surface area contributed by atoms with Gasteiger partial charge < -0.3 is 16.0 Å². The van der Waals surface area contributed by atoms with Crippen LogP contribution in [0.2, 0.25) is 0 Å². The van der Waals surface area contributed by atoms with Crippen LogP contribution < -0.4 is 16.0 Å². The number of hydrogen-bond donors (Lipinski definition) is 3. The Morgan fingerprint density at radius 3 is 2.48 bits per heavy atom. The molecule has 0 unspecified atom stereocenters. The predicted octanol–water partition coefficient (Wildman–Crippen LogP) is 2.79. The number of hydrogen-bond acceptors (Lipinski definition) is 4. The zero-order valence-electron chi connectivity index (χ0n) is 18.7. The molecule has 31 heavy (non-hydrogen) atoms. The highest BCUT2D eigenvalue weighted by molar-refractivity contribution is 6.09. The summed E-state index contributed by atoms with van der Waals surface area (Å²) < 4.78 is 0. The van der Waals surface area contributed by atoms with Gasteiger partial charge in [-0.25, -0.2) is 4.79 Å². The first-order valence-electron chi connectivity index (χ1n) is 10.8. The standard InChI is InChI=1S/C23H32N4O4/c1-15(28)25-18-7-5-6-16(12-18)13-24-19(29)14-27-20(30)23(26-21(27)31)10-8-17(9-11-23)22(2,3)4/h5-7,12,17H,8-11,13-14H2,1-4H3,(H,24,29)(H,25,28)(H,26,31). The Hall–Kier alpha value is -2.90. The Morgan fingerprint density at radius 1 is 1.19 bits per heavy atom. The van der Waals surface area contributed by atoms with Gasteiger partial charge in [-0.1, -0.05) is 32.9 Å². The molecule has 1 aliphatic heterocycles. The molecule has 1 heterocycles. The lowest BCUT2D eigenvalue weighted by atomic mass is 9.67. The summed E-state index contributed by atoms with van der Waals surface area (Å²) in [4.78, 5) is 50.1. The van der Waals surface area contributed by atoms with E-state index in [0.29, 0.717) is 24.4 Å². The third kappa shape index (κ3) is 5.24. The van der Waals surface area contributed by atoms with Crippen molar-refractivity contribution in [3.05, 3.63) is 29.8 Å². The molecule has 5 amide bonds. The fraction of sp³-hybridized carbons (Fsp3) is 0.565. The molecule has 3 rings (SSSR count). The maximum Gasteiger partial charge on any atom is 0.325 e. The maximum absolute atomic E-state index is 13.0. The summed E-state index contributed by atoms with van der Waals surface area (Å²) in [5.41, 5.74) is 0.741. The number of benzene rings is 1. The molecule has 2 fully saturated rings. The smallest absolute Gasteiger partial charge is 0.325 e. The second kappa shape index (κ2) is 8.69. The minimum atomic E-state index is -0.869. The van der Waals surface area contributed by atoms with Gasteiger partial charge in [0.2, 0.25) is 11.8 Å². The SMILES string of the molecule is CC(=O)Nc1cccc(CNC(=O)CN2C(=O)NC3(CCC(C(C)(C)C)CC3)C2=O)c1. The Kier molecular flexibility index (Phi) is 6.38. The first kappa shape index (κ1) is 22.8. The quantitative estimate of drug-likeness (QED) is 0.627. The molecule has 168 valence electrons. The van der Waals surface area contributed by atoms with Crippen molar-refractivity contribution >= 4 is 29.4 Å². The lowest BCUT2D eigenvalue weighted by Gasteiger charge is -2.40. The van der Waals surface area contributed by atoms with E-state index in [1.54, 1.807) is 18.2 Å². The molecule has 1 aromatic carbocycles. The van der Waals surface area contributed by atoms with Crippen molar-refractivity contribution in [3.63, 3.8) is 0 Å². The average Bonchev–Trinajstić information content (AvgIpc) is 2.90. The summed E-state index contributed by atoms with van der Waals surface area (Å²) in [7, 11) is 0. The summed E-state index contributed by atoms with van der Waals surface area (Å²) in [6, 6.07) is 6.62. The summed E-state index contributed by atoms with van der Waals surface area (Å²) in [6.45, 7) is 7.96. The molecular formula is C23H32N4O4. The third-order valence-electron chi connectivity index (χ3n) is 6.35. The van der Waals surface area contributed by atoms with Crippen LogP contribution in [0.25, 0.3) is 0 Å². The highest BCUT2D eigenvalue weighted by Crippen LogP contribution is 2.43. The van der Waals surface area contributed by atoms with Gasteiger partial charge in [-0.2, -0.15) is 0 Å². The number of rotatable bonds is 5. The Morgan fingerprint density at radius 2 is 1.87 bits per heavy atom. The molecule has 0 atom stereocenters. The molecule has 0 aromatic heterocycles. The van der Waals surface area contributed by atoms with Crippen LogP contribution in [0.5, 0.6) is 0 Å². The van der Waals surface area contributed by atoms with E-state index in [1.807, 2.05) is 6.07 Å². The van der Waals surface area contributed by atoms with Gasteiger partial charge in [0.1, 0.15) is 12.1 Å². The van der Waals surface area contributed by atoms with Gasteiger partial charge in [0.05, 0.1) is 0 Å². The van der Waals surface area contributed by atoms with Crippen LogP contribution in [0.15, 0.2) is 24.3 Å². The fourth-order valence-electron chi connectivity index (χ4n) is 4.50. The van der Waals surface area contributed by atoms with E-state index in [9.17, 15) is 19.2 Å². The first-order chi connectivity index (χ1) is 14.5. The van der Waals surface area contributed by atoms with Crippen LogP contribution in [0.3, 0.4) is 0 Å².